The normalized spacial score (nSPS) is 16.8. The predicted molar refractivity (Wildman–Crippen MR) is 96.8 cm³/mol. The lowest BCUT2D eigenvalue weighted by Gasteiger charge is -2.23. The monoisotopic (exact) mass is 425 g/mol. The van der Waals surface area contributed by atoms with Crippen molar-refractivity contribution in [2.24, 2.45) is 0 Å². The van der Waals surface area contributed by atoms with Crippen LogP contribution in [0.3, 0.4) is 0 Å². The highest BCUT2D eigenvalue weighted by Gasteiger charge is 2.24. The fourth-order valence-corrected chi connectivity index (χ4v) is 2.72. The molecule has 5 atom stereocenters. The third kappa shape index (κ3) is 8.03. The minimum atomic E-state index is -2.93. The Labute approximate surface area is 160 Å². The Hall–Kier alpha value is -1.85. The molecule has 0 aromatic carbocycles. The molecule has 1 unspecified atom stereocenters. The summed E-state index contributed by atoms with van der Waals surface area (Å²) < 4.78 is 41.4. The summed E-state index contributed by atoms with van der Waals surface area (Å²) in [5.41, 5.74) is -1.75. The van der Waals surface area contributed by atoms with E-state index in [1.54, 1.807) is 0 Å². The second kappa shape index (κ2) is 11.9. The number of aliphatic hydroxyl groups is 1. The molecule has 13 heteroatoms. The van der Waals surface area contributed by atoms with E-state index >= 15 is 0 Å². The molecule has 1 aromatic heterocycles. The van der Waals surface area contributed by atoms with Crippen LogP contribution in [0.2, 0.25) is 0 Å². The van der Waals surface area contributed by atoms with Crippen molar-refractivity contribution in [1.82, 2.24) is 14.6 Å². The zero-order valence-corrected chi connectivity index (χ0v) is 16.7. The van der Waals surface area contributed by atoms with Gasteiger partial charge in [0.05, 0.1) is 19.3 Å². The Kier molecular flexibility index (Phi) is 10.3. The number of hydrogen-bond donors (Lipinski definition) is 3. The van der Waals surface area contributed by atoms with E-state index < -0.39 is 56.7 Å². The molecule has 0 spiro atoms. The average Bonchev–Trinajstić information content (AvgIpc) is 2.62. The maximum atomic E-state index is 14.2. The number of halogens is 1. The number of ether oxygens (including phenoxy) is 2. The number of nitrogens with zero attached hydrogens (tertiary/aromatic N) is 1. The van der Waals surface area contributed by atoms with Gasteiger partial charge in [-0.3, -0.25) is 19.1 Å². The fourth-order valence-electron chi connectivity index (χ4n) is 1.85. The molecule has 3 N–H and O–H groups in total. The summed E-state index contributed by atoms with van der Waals surface area (Å²) in [6.45, 7) is 1.96. The third-order valence-corrected chi connectivity index (χ3v) is 4.51. The minimum Gasteiger partial charge on any atom is -0.465 e. The van der Waals surface area contributed by atoms with Gasteiger partial charge < -0.3 is 19.1 Å². The maximum absolute atomic E-state index is 14.2. The lowest BCUT2D eigenvalue weighted by molar-refractivity contribution is -0.172. The second-order valence-electron chi connectivity index (χ2n) is 5.86. The molecular formula is C15H25FN3O8P. The van der Waals surface area contributed by atoms with E-state index in [-0.39, 0.29) is 6.61 Å². The predicted octanol–water partition coefficient (Wildman–Crippen LogP) is 0.0658. The smallest absolute Gasteiger partial charge is 0.332 e. The van der Waals surface area contributed by atoms with E-state index in [0.717, 1.165) is 12.3 Å². The number of carbonyl (C=O) groups is 1. The first-order valence-corrected chi connectivity index (χ1v) is 9.86. The number of aromatic nitrogens is 2. The van der Waals surface area contributed by atoms with E-state index in [4.69, 9.17) is 14.0 Å². The molecule has 0 saturated carbocycles. The van der Waals surface area contributed by atoms with E-state index in [2.05, 4.69) is 5.09 Å². The first kappa shape index (κ1) is 24.2. The Balaban J connectivity index is 2.60. The number of esters is 1. The van der Waals surface area contributed by atoms with Gasteiger partial charge in [0, 0.05) is 12.3 Å². The van der Waals surface area contributed by atoms with Gasteiger partial charge in [-0.15, -0.1) is 0 Å². The molecule has 0 amide bonds. The van der Waals surface area contributed by atoms with Gasteiger partial charge in [-0.25, -0.2) is 14.4 Å². The van der Waals surface area contributed by atoms with E-state index in [1.807, 2.05) is 11.9 Å². The van der Waals surface area contributed by atoms with Crippen molar-refractivity contribution in [3.05, 3.63) is 33.1 Å². The fraction of sp³-hybridized carbons (Fsp3) is 0.667. The summed E-state index contributed by atoms with van der Waals surface area (Å²) in [7, 11) is -2.93. The van der Waals surface area contributed by atoms with Gasteiger partial charge >= 0.3 is 11.7 Å². The number of aliphatic hydroxyl groups excluding tert-OH is 1. The number of carbonyl (C=O) groups excluding carboxylic acids is 1. The Morgan fingerprint density at radius 1 is 1.43 bits per heavy atom. The molecule has 0 saturated heterocycles. The summed E-state index contributed by atoms with van der Waals surface area (Å²) in [4.78, 5) is 36.0. The van der Waals surface area contributed by atoms with Crippen molar-refractivity contribution in [1.29, 1.82) is 0 Å². The van der Waals surface area contributed by atoms with Gasteiger partial charge in [-0.2, -0.15) is 4.39 Å². The summed E-state index contributed by atoms with van der Waals surface area (Å²) in [6.07, 6.45) is -0.995. The topological polar surface area (TPSA) is 149 Å². The van der Waals surface area contributed by atoms with Crippen LogP contribution in [-0.2, 0) is 23.4 Å². The Bertz CT molecular complexity index is 768. The molecule has 0 aliphatic rings. The standard InChI is InChI=1S/C15H25FN3O8P/c1-4-7-25-13(22)9(2)18-28(24)26-8-11(10(3)20)27-14(16)19-6-5-12(21)17-15(19)23/h5-6,9-11,14,20,28H,4,7-8H2,1-3H3,(H,18,24)(H,17,21,23)/t9-,10-,11+,14+/m0/s1. The molecule has 0 bridgehead atoms. The largest absolute Gasteiger partial charge is 0.465 e. The summed E-state index contributed by atoms with van der Waals surface area (Å²) in [6, 6.07) is 0.0323. The zero-order chi connectivity index (χ0) is 21.3. The van der Waals surface area contributed by atoms with Crippen LogP contribution in [0.25, 0.3) is 0 Å². The van der Waals surface area contributed by atoms with Gasteiger partial charge in [0.1, 0.15) is 12.1 Å². The molecule has 11 nitrogen and oxygen atoms in total. The van der Waals surface area contributed by atoms with Crippen LogP contribution in [0.4, 0.5) is 4.39 Å². The highest BCUT2D eigenvalue weighted by atomic mass is 31.1. The van der Waals surface area contributed by atoms with Gasteiger partial charge in [0.15, 0.2) is 0 Å². The molecule has 1 aromatic rings. The van der Waals surface area contributed by atoms with Crippen molar-refractivity contribution in [2.45, 2.75) is 51.9 Å². The van der Waals surface area contributed by atoms with Crippen LogP contribution in [-0.4, -0.2) is 52.1 Å². The van der Waals surface area contributed by atoms with Crippen LogP contribution < -0.4 is 16.3 Å². The highest BCUT2D eigenvalue weighted by Crippen LogP contribution is 2.21. The lowest BCUT2D eigenvalue weighted by atomic mass is 10.2. The molecule has 0 aliphatic heterocycles. The second-order valence-corrected chi connectivity index (χ2v) is 7.01. The number of aromatic amines is 1. The molecular weight excluding hydrogens is 400 g/mol. The van der Waals surface area contributed by atoms with Crippen molar-refractivity contribution < 1.29 is 32.9 Å². The number of H-pyrrole nitrogens is 1. The van der Waals surface area contributed by atoms with Crippen LogP contribution in [0, 0.1) is 0 Å². The van der Waals surface area contributed by atoms with Crippen LogP contribution in [0.1, 0.15) is 33.7 Å². The molecule has 28 heavy (non-hydrogen) atoms. The van der Waals surface area contributed by atoms with Gasteiger partial charge in [-0.1, -0.05) is 6.92 Å². The van der Waals surface area contributed by atoms with E-state index in [1.165, 1.54) is 13.8 Å². The number of hydrogen-bond acceptors (Lipinski definition) is 8. The van der Waals surface area contributed by atoms with Crippen LogP contribution >= 0.6 is 8.18 Å². The van der Waals surface area contributed by atoms with Gasteiger partial charge in [0.25, 0.3) is 20.2 Å². The minimum absolute atomic E-state index is 0.229. The third-order valence-electron chi connectivity index (χ3n) is 3.41. The number of rotatable bonds is 12. The lowest BCUT2D eigenvalue weighted by Crippen LogP contribution is -2.37. The molecule has 0 aliphatic carbocycles. The SMILES string of the molecule is CCCOC(=O)[C@H](C)N[PH](=O)OC[C@@H](O[C@H](F)n1ccc(=O)[nH]c1=O)[C@H](C)O. The van der Waals surface area contributed by atoms with Crippen molar-refractivity contribution in [3.8, 4) is 0 Å². The maximum Gasteiger partial charge on any atom is 0.332 e. The van der Waals surface area contributed by atoms with Crippen LogP contribution in [0.15, 0.2) is 21.9 Å². The Morgan fingerprint density at radius 3 is 2.68 bits per heavy atom. The summed E-state index contributed by atoms with van der Waals surface area (Å²) in [5, 5.41) is 12.1. The molecule has 0 radical (unpaired) electrons. The molecule has 0 fully saturated rings. The number of alkyl halides is 1. The highest BCUT2D eigenvalue weighted by molar-refractivity contribution is 7.36. The van der Waals surface area contributed by atoms with Crippen molar-refractivity contribution in [3.63, 3.8) is 0 Å². The Morgan fingerprint density at radius 2 is 2.11 bits per heavy atom. The summed E-state index contributed by atoms with van der Waals surface area (Å²) >= 11 is 0. The first-order valence-electron chi connectivity index (χ1n) is 8.54. The molecule has 160 valence electrons. The van der Waals surface area contributed by atoms with E-state index in [9.17, 15) is 28.4 Å². The number of nitrogens with one attached hydrogen (secondary N) is 2. The average molecular weight is 425 g/mol. The van der Waals surface area contributed by atoms with E-state index in [0.29, 0.717) is 11.0 Å². The molecule has 1 heterocycles. The molecule has 1 rings (SSSR count). The van der Waals surface area contributed by atoms with Gasteiger partial charge in [-0.05, 0) is 20.3 Å². The van der Waals surface area contributed by atoms with Gasteiger partial charge in [0.2, 0.25) is 0 Å². The summed E-state index contributed by atoms with van der Waals surface area (Å²) in [5.74, 6) is -0.603. The zero-order valence-electron chi connectivity index (χ0n) is 15.7. The first-order chi connectivity index (χ1) is 13.1. The quantitative estimate of drug-likeness (QED) is 0.312. The van der Waals surface area contributed by atoms with Crippen molar-refractivity contribution in [2.75, 3.05) is 13.2 Å². The van der Waals surface area contributed by atoms with Crippen LogP contribution in [0.5, 0.6) is 0 Å². The van der Waals surface area contributed by atoms with Crippen molar-refractivity contribution >= 4 is 14.1 Å².